The third-order valence-corrected chi connectivity index (χ3v) is 3.71. The summed E-state index contributed by atoms with van der Waals surface area (Å²) in [5, 5.41) is 2.79. The Hall–Kier alpha value is -1.68. The fraction of sp³-hybridized carbons (Fsp3) is 0.143. The third-order valence-electron chi connectivity index (χ3n) is 3.22. The summed E-state index contributed by atoms with van der Waals surface area (Å²) < 4.78 is 0.880. The highest BCUT2D eigenvalue weighted by Crippen LogP contribution is 2.27. The van der Waals surface area contributed by atoms with Crippen LogP contribution < -0.4 is 5.32 Å². The summed E-state index contributed by atoms with van der Waals surface area (Å²) in [5.74, 6) is -0.423. The third kappa shape index (κ3) is 1.82. The molecule has 1 aliphatic heterocycles. The number of halogens is 1. The van der Waals surface area contributed by atoms with E-state index in [2.05, 4.69) is 21.2 Å². The van der Waals surface area contributed by atoms with Crippen LogP contribution >= 0.6 is 15.9 Å². The van der Waals surface area contributed by atoms with E-state index < -0.39 is 0 Å². The van der Waals surface area contributed by atoms with Crippen molar-refractivity contribution in [3.8, 4) is 0 Å². The predicted molar refractivity (Wildman–Crippen MR) is 72.1 cm³/mol. The lowest BCUT2D eigenvalue weighted by atomic mass is 9.89. The second-order valence-electron chi connectivity index (χ2n) is 4.37. The highest BCUT2D eigenvalue weighted by molar-refractivity contribution is 9.10. The summed E-state index contributed by atoms with van der Waals surface area (Å²) in [6.07, 6.45) is 6.88. The first-order chi connectivity index (χ1) is 8.65. The molecule has 2 aliphatic rings. The maximum absolute atomic E-state index is 12.5. The first-order valence-electron chi connectivity index (χ1n) is 5.66. The molecule has 0 fully saturated rings. The maximum atomic E-state index is 12.5. The van der Waals surface area contributed by atoms with Crippen molar-refractivity contribution in [3.05, 3.63) is 52.0 Å². The zero-order valence-corrected chi connectivity index (χ0v) is 11.0. The number of carbonyl (C=O) groups excluding carboxylic acids is 2. The fourth-order valence-electron chi connectivity index (χ4n) is 2.31. The van der Waals surface area contributed by atoms with Crippen LogP contribution in [-0.4, -0.2) is 17.7 Å². The molecule has 1 aliphatic carbocycles. The molecule has 0 radical (unpaired) electrons. The van der Waals surface area contributed by atoms with E-state index in [9.17, 15) is 9.59 Å². The molecule has 3 rings (SSSR count). The number of hydrogen-bond acceptors (Lipinski definition) is 2. The minimum Gasteiger partial charge on any atom is -0.345 e. The second-order valence-corrected chi connectivity index (χ2v) is 5.29. The summed E-state index contributed by atoms with van der Waals surface area (Å²) in [6, 6.07) is 5.38. The van der Waals surface area contributed by atoms with Crippen LogP contribution in [0.25, 0.3) is 6.08 Å². The van der Waals surface area contributed by atoms with Gasteiger partial charge in [-0.2, -0.15) is 0 Å². The van der Waals surface area contributed by atoms with Crippen molar-refractivity contribution in [3.63, 3.8) is 0 Å². The predicted octanol–water partition coefficient (Wildman–Crippen LogP) is 2.33. The lowest BCUT2D eigenvalue weighted by molar-refractivity contribution is -0.117. The van der Waals surface area contributed by atoms with Gasteiger partial charge in [0, 0.05) is 10.0 Å². The van der Waals surface area contributed by atoms with Crippen molar-refractivity contribution in [1.82, 2.24) is 5.32 Å². The summed E-state index contributed by atoms with van der Waals surface area (Å²) in [4.78, 5) is 23.8. The van der Waals surface area contributed by atoms with Crippen LogP contribution in [-0.2, 0) is 4.79 Å². The summed E-state index contributed by atoms with van der Waals surface area (Å²) in [6.45, 7) is 0. The summed E-state index contributed by atoms with van der Waals surface area (Å²) >= 11 is 3.38. The minimum atomic E-state index is -0.311. The van der Waals surface area contributed by atoms with E-state index in [4.69, 9.17) is 0 Å². The van der Waals surface area contributed by atoms with E-state index in [1.165, 1.54) is 6.08 Å². The first kappa shape index (κ1) is 11.4. The van der Waals surface area contributed by atoms with Crippen molar-refractivity contribution >= 4 is 33.7 Å². The monoisotopic (exact) mass is 303 g/mol. The number of ketones is 1. The van der Waals surface area contributed by atoms with Gasteiger partial charge in [-0.05, 0) is 23.8 Å². The molecule has 90 valence electrons. The van der Waals surface area contributed by atoms with E-state index in [0.717, 1.165) is 10.0 Å². The van der Waals surface area contributed by atoms with E-state index in [1.807, 2.05) is 30.4 Å². The number of rotatable bonds is 0. The number of hydrogen-bond donors (Lipinski definition) is 1. The average Bonchev–Trinajstić information content (AvgIpc) is 2.48. The molecule has 2 atom stereocenters. The zero-order valence-electron chi connectivity index (χ0n) is 9.39. The molecular weight excluding hydrogens is 294 g/mol. The molecule has 3 nitrogen and oxygen atoms in total. The molecule has 4 heteroatoms. The van der Waals surface area contributed by atoms with Crippen molar-refractivity contribution in [2.75, 3.05) is 0 Å². The summed E-state index contributed by atoms with van der Waals surface area (Å²) in [7, 11) is 0. The Morgan fingerprint density at radius 1 is 1.11 bits per heavy atom. The highest BCUT2D eigenvalue weighted by atomic mass is 79.9. The average molecular weight is 304 g/mol. The number of fused-ring (bicyclic) bond motifs is 2. The van der Waals surface area contributed by atoms with E-state index in [-0.39, 0.29) is 23.7 Å². The van der Waals surface area contributed by atoms with Crippen LogP contribution in [0.5, 0.6) is 0 Å². The molecule has 1 amide bonds. The van der Waals surface area contributed by atoms with Gasteiger partial charge in [-0.15, -0.1) is 0 Å². The Morgan fingerprint density at radius 2 is 1.94 bits per heavy atom. The molecule has 18 heavy (non-hydrogen) atoms. The lowest BCUT2D eigenvalue weighted by Crippen LogP contribution is -2.43. The van der Waals surface area contributed by atoms with Crippen molar-refractivity contribution < 1.29 is 9.59 Å². The van der Waals surface area contributed by atoms with E-state index in [0.29, 0.717) is 5.56 Å². The van der Waals surface area contributed by atoms with Crippen LogP contribution in [0.4, 0.5) is 0 Å². The van der Waals surface area contributed by atoms with Crippen molar-refractivity contribution in [1.29, 1.82) is 0 Å². The van der Waals surface area contributed by atoms with Gasteiger partial charge >= 0.3 is 0 Å². The number of benzene rings is 1. The SMILES string of the molecule is O=C1C=CC2C(=O)c3cc(Br)ccc3C=CC2N1. The number of amides is 1. The van der Waals surface area contributed by atoms with Crippen molar-refractivity contribution in [2.24, 2.45) is 5.92 Å². The van der Waals surface area contributed by atoms with Crippen LogP contribution in [0.15, 0.2) is 40.9 Å². The molecule has 0 saturated carbocycles. The molecule has 0 bridgehead atoms. The van der Waals surface area contributed by atoms with Gasteiger partial charge in [0.25, 0.3) is 0 Å². The molecule has 0 aromatic heterocycles. The van der Waals surface area contributed by atoms with Crippen LogP contribution in [0.2, 0.25) is 0 Å². The molecule has 0 spiro atoms. The van der Waals surface area contributed by atoms with Gasteiger partial charge in [0.15, 0.2) is 5.78 Å². The molecule has 2 unspecified atom stereocenters. The van der Waals surface area contributed by atoms with E-state index >= 15 is 0 Å². The minimum absolute atomic E-state index is 0.0394. The molecule has 0 saturated heterocycles. The van der Waals surface area contributed by atoms with Gasteiger partial charge in [-0.3, -0.25) is 9.59 Å². The normalized spacial score (nSPS) is 25.2. The number of nitrogens with one attached hydrogen (secondary N) is 1. The molecule has 1 aromatic carbocycles. The second kappa shape index (κ2) is 4.21. The summed E-state index contributed by atoms with van der Waals surface area (Å²) in [5.41, 5.74) is 1.58. The van der Waals surface area contributed by atoms with Crippen LogP contribution in [0.3, 0.4) is 0 Å². The number of carbonyl (C=O) groups is 2. The van der Waals surface area contributed by atoms with Crippen LogP contribution in [0, 0.1) is 5.92 Å². The molecule has 1 heterocycles. The van der Waals surface area contributed by atoms with E-state index in [1.54, 1.807) is 6.08 Å². The first-order valence-corrected chi connectivity index (χ1v) is 6.45. The van der Waals surface area contributed by atoms with Gasteiger partial charge in [-0.1, -0.05) is 40.2 Å². The highest BCUT2D eigenvalue weighted by Gasteiger charge is 2.32. The number of Topliss-reactive ketones (excluding diaryl/α,β-unsaturated/α-hetero) is 1. The Kier molecular flexibility index (Phi) is 2.67. The molecule has 1 aromatic rings. The Morgan fingerprint density at radius 3 is 2.78 bits per heavy atom. The lowest BCUT2D eigenvalue weighted by Gasteiger charge is -2.23. The molecule has 1 N–H and O–H groups in total. The fourth-order valence-corrected chi connectivity index (χ4v) is 2.67. The topological polar surface area (TPSA) is 46.2 Å². The largest absolute Gasteiger partial charge is 0.345 e. The quantitative estimate of drug-likeness (QED) is 0.799. The van der Waals surface area contributed by atoms with Crippen molar-refractivity contribution in [2.45, 2.75) is 6.04 Å². The van der Waals surface area contributed by atoms with Gasteiger partial charge in [0.2, 0.25) is 5.91 Å². The standard InChI is InChI=1S/C14H10BrNO2/c15-9-3-1-8-2-5-12-10(4-6-13(17)16-12)14(18)11(8)7-9/h1-7,10,12H,(H,16,17). The van der Waals surface area contributed by atoms with Gasteiger partial charge < -0.3 is 5.32 Å². The maximum Gasteiger partial charge on any atom is 0.244 e. The Balaban J connectivity index is 2.12. The molecular formula is C14H10BrNO2. The van der Waals surface area contributed by atoms with Crippen LogP contribution in [0.1, 0.15) is 15.9 Å². The van der Waals surface area contributed by atoms with Gasteiger partial charge in [0.1, 0.15) is 0 Å². The Labute approximate surface area is 113 Å². The van der Waals surface area contributed by atoms with Gasteiger partial charge in [0.05, 0.1) is 12.0 Å². The zero-order chi connectivity index (χ0) is 12.7. The van der Waals surface area contributed by atoms with Gasteiger partial charge in [-0.25, -0.2) is 0 Å². The Bertz CT molecular complexity index is 604. The smallest absolute Gasteiger partial charge is 0.244 e.